The Kier molecular flexibility index (Phi) is 4.17. The van der Waals surface area contributed by atoms with Crippen LogP contribution in [0, 0.1) is 6.92 Å². The highest BCUT2D eigenvalue weighted by molar-refractivity contribution is 6.03. The van der Waals surface area contributed by atoms with Gasteiger partial charge in [0.15, 0.2) is 0 Å². The Balaban J connectivity index is 1.39. The molecule has 0 bridgehead atoms. The van der Waals surface area contributed by atoms with Gasteiger partial charge in [-0.25, -0.2) is 15.0 Å². The first-order chi connectivity index (χ1) is 19.8. The average Bonchev–Trinajstić information content (AvgIpc) is 3.56. The van der Waals surface area contributed by atoms with Crippen molar-refractivity contribution in [1.29, 1.82) is 0 Å². The zero-order valence-electron chi connectivity index (χ0n) is 21.7. The molecule has 0 aliphatic carbocycles. The SMILES string of the molecule is Cc1nc2cccc3c2n1-c1ccc(-c2nc4ccccc4c4nc5ccccc5n24)cc1N3c1ccccc1. The number of hydrogen-bond donors (Lipinski definition) is 0. The van der Waals surface area contributed by atoms with Gasteiger partial charge in [0.05, 0.1) is 44.6 Å². The molecule has 0 saturated heterocycles. The van der Waals surface area contributed by atoms with Gasteiger partial charge >= 0.3 is 0 Å². The summed E-state index contributed by atoms with van der Waals surface area (Å²) in [6, 6.07) is 40.0. The molecular formula is C34H22N6. The fourth-order valence-corrected chi connectivity index (χ4v) is 6.25. The Morgan fingerprint density at radius 2 is 1.35 bits per heavy atom. The first-order valence-corrected chi connectivity index (χ1v) is 13.4. The lowest BCUT2D eigenvalue weighted by molar-refractivity contribution is 0.982. The van der Waals surface area contributed by atoms with Crippen LogP contribution in [0.25, 0.3) is 55.7 Å². The number of nitrogens with zero attached hydrogens (tertiary/aromatic N) is 6. The van der Waals surface area contributed by atoms with Gasteiger partial charge in [0, 0.05) is 16.6 Å². The van der Waals surface area contributed by atoms with Gasteiger partial charge in [0.2, 0.25) is 0 Å². The van der Waals surface area contributed by atoms with Gasteiger partial charge in [-0.3, -0.25) is 8.97 Å². The monoisotopic (exact) mass is 514 g/mol. The van der Waals surface area contributed by atoms with Gasteiger partial charge in [-0.05, 0) is 73.7 Å². The Labute approximate surface area is 229 Å². The zero-order valence-corrected chi connectivity index (χ0v) is 21.7. The van der Waals surface area contributed by atoms with E-state index >= 15 is 0 Å². The molecule has 0 spiro atoms. The van der Waals surface area contributed by atoms with Crippen LogP contribution in [0.15, 0.2) is 115 Å². The summed E-state index contributed by atoms with van der Waals surface area (Å²) < 4.78 is 4.48. The molecule has 4 heterocycles. The van der Waals surface area contributed by atoms with Crippen molar-refractivity contribution in [2.24, 2.45) is 0 Å². The van der Waals surface area contributed by atoms with Gasteiger partial charge in [0.1, 0.15) is 17.3 Å². The maximum Gasteiger partial charge on any atom is 0.149 e. The third-order valence-electron chi connectivity index (χ3n) is 7.94. The predicted octanol–water partition coefficient (Wildman–Crippen LogP) is 8.13. The van der Waals surface area contributed by atoms with Gasteiger partial charge < -0.3 is 4.90 Å². The van der Waals surface area contributed by atoms with Crippen LogP contribution in [0.2, 0.25) is 0 Å². The van der Waals surface area contributed by atoms with E-state index < -0.39 is 0 Å². The maximum atomic E-state index is 5.22. The highest BCUT2D eigenvalue weighted by Gasteiger charge is 2.29. The molecule has 0 atom stereocenters. The lowest BCUT2D eigenvalue weighted by Crippen LogP contribution is -2.18. The molecule has 0 fully saturated rings. The molecule has 0 N–H and O–H groups in total. The van der Waals surface area contributed by atoms with Crippen LogP contribution in [0.1, 0.15) is 5.82 Å². The topological polar surface area (TPSA) is 51.3 Å². The minimum absolute atomic E-state index is 0.865. The number of aryl methyl sites for hydroxylation is 1. The Bertz CT molecular complexity index is 2290. The summed E-state index contributed by atoms with van der Waals surface area (Å²) in [5.74, 6) is 1.83. The molecule has 9 rings (SSSR count). The van der Waals surface area contributed by atoms with Crippen LogP contribution >= 0.6 is 0 Å². The summed E-state index contributed by atoms with van der Waals surface area (Å²) in [5.41, 5.74) is 11.4. The summed E-state index contributed by atoms with van der Waals surface area (Å²) in [6.07, 6.45) is 0. The predicted molar refractivity (Wildman–Crippen MR) is 161 cm³/mol. The highest BCUT2D eigenvalue weighted by Crippen LogP contribution is 2.48. The first kappa shape index (κ1) is 21.4. The number of rotatable bonds is 2. The Morgan fingerprint density at radius 3 is 2.25 bits per heavy atom. The molecule has 1 aliphatic heterocycles. The van der Waals surface area contributed by atoms with Crippen LogP contribution in [-0.2, 0) is 0 Å². The number of benzene rings is 5. The molecule has 0 radical (unpaired) electrons. The third-order valence-corrected chi connectivity index (χ3v) is 7.94. The quantitative estimate of drug-likeness (QED) is 0.234. The standard InChI is InChI=1S/C34H22N6/c1-21-35-27-15-9-17-30-32(27)38(21)29-19-18-22(20-31(29)39(30)23-10-3-2-4-11-23)33-36-25-13-6-5-12-24(25)34-37-26-14-7-8-16-28(26)40(33)34/h2-20H,1H3. The number of anilines is 3. The maximum absolute atomic E-state index is 5.22. The van der Waals surface area contributed by atoms with Crippen molar-refractivity contribution >= 4 is 55.7 Å². The van der Waals surface area contributed by atoms with E-state index in [1.54, 1.807) is 0 Å². The normalized spacial score (nSPS) is 12.6. The fraction of sp³-hybridized carbons (Fsp3) is 0.0294. The van der Waals surface area contributed by atoms with Crippen molar-refractivity contribution in [3.05, 3.63) is 121 Å². The molecule has 8 aromatic rings. The molecule has 6 nitrogen and oxygen atoms in total. The number of aromatic nitrogens is 5. The fourth-order valence-electron chi connectivity index (χ4n) is 6.25. The van der Waals surface area contributed by atoms with Crippen molar-refractivity contribution in [3.63, 3.8) is 0 Å². The van der Waals surface area contributed by atoms with Crippen molar-refractivity contribution in [3.8, 4) is 17.1 Å². The minimum atomic E-state index is 0.865. The van der Waals surface area contributed by atoms with E-state index in [0.29, 0.717) is 0 Å². The van der Waals surface area contributed by atoms with E-state index in [-0.39, 0.29) is 0 Å². The molecular weight excluding hydrogens is 492 g/mol. The second-order valence-electron chi connectivity index (χ2n) is 10.2. The van der Waals surface area contributed by atoms with Crippen LogP contribution in [0.4, 0.5) is 17.1 Å². The van der Waals surface area contributed by atoms with Crippen molar-refractivity contribution in [2.75, 3.05) is 4.90 Å². The lowest BCUT2D eigenvalue weighted by atomic mass is 10.1. The second kappa shape index (κ2) is 7.77. The smallest absolute Gasteiger partial charge is 0.149 e. The molecule has 0 amide bonds. The lowest BCUT2D eigenvalue weighted by Gasteiger charge is -2.33. The van der Waals surface area contributed by atoms with E-state index in [1.165, 1.54) is 0 Å². The van der Waals surface area contributed by atoms with E-state index in [1.807, 2.05) is 18.2 Å². The van der Waals surface area contributed by atoms with Gasteiger partial charge in [-0.1, -0.05) is 48.5 Å². The second-order valence-corrected chi connectivity index (χ2v) is 10.2. The van der Waals surface area contributed by atoms with Crippen molar-refractivity contribution in [1.82, 2.24) is 23.9 Å². The van der Waals surface area contributed by atoms with E-state index in [0.717, 1.165) is 78.6 Å². The molecule has 0 unspecified atom stereocenters. The largest absolute Gasteiger partial charge is 0.306 e. The number of hydrogen-bond acceptors (Lipinski definition) is 4. The van der Waals surface area contributed by atoms with Crippen LogP contribution in [0.3, 0.4) is 0 Å². The number of para-hydroxylation sites is 5. The zero-order chi connectivity index (χ0) is 26.4. The van der Waals surface area contributed by atoms with E-state index in [4.69, 9.17) is 15.0 Å². The summed E-state index contributed by atoms with van der Waals surface area (Å²) in [7, 11) is 0. The Morgan fingerprint density at radius 1 is 0.575 bits per heavy atom. The molecule has 5 aromatic carbocycles. The Hall–Kier alpha value is -5.49. The molecule has 6 heteroatoms. The molecule has 0 saturated carbocycles. The summed E-state index contributed by atoms with van der Waals surface area (Å²) in [6.45, 7) is 2.08. The highest BCUT2D eigenvalue weighted by atomic mass is 15.2. The first-order valence-electron chi connectivity index (χ1n) is 13.4. The van der Waals surface area contributed by atoms with Crippen LogP contribution in [0.5, 0.6) is 0 Å². The molecule has 188 valence electrons. The summed E-state index contributed by atoms with van der Waals surface area (Å²) >= 11 is 0. The van der Waals surface area contributed by atoms with Crippen LogP contribution in [-0.4, -0.2) is 23.9 Å². The average molecular weight is 515 g/mol. The molecule has 3 aromatic heterocycles. The third kappa shape index (κ3) is 2.79. The van der Waals surface area contributed by atoms with Gasteiger partial charge in [-0.2, -0.15) is 0 Å². The van der Waals surface area contributed by atoms with Crippen molar-refractivity contribution in [2.45, 2.75) is 6.92 Å². The minimum Gasteiger partial charge on any atom is -0.306 e. The summed E-state index contributed by atoms with van der Waals surface area (Å²) in [4.78, 5) is 17.5. The molecule has 1 aliphatic rings. The molecule has 40 heavy (non-hydrogen) atoms. The van der Waals surface area contributed by atoms with Gasteiger partial charge in [0.25, 0.3) is 0 Å². The van der Waals surface area contributed by atoms with E-state index in [2.05, 4.69) is 118 Å². The van der Waals surface area contributed by atoms with Gasteiger partial charge in [-0.15, -0.1) is 0 Å². The van der Waals surface area contributed by atoms with Crippen molar-refractivity contribution < 1.29 is 0 Å². The summed E-state index contributed by atoms with van der Waals surface area (Å²) in [5, 5.41) is 1.04. The number of fused-ring (bicyclic) bond motifs is 7. The number of imidazole rings is 2. The van der Waals surface area contributed by atoms with E-state index in [9.17, 15) is 0 Å². The van der Waals surface area contributed by atoms with Crippen LogP contribution < -0.4 is 4.90 Å².